The summed E-state index contributed by atoms with van der Waals surface area (Å²) in [5, 5.41) is 0. The topological polar surface area (TPSA) is 17.1 Å². The Morgan fingerprint density at radius 3 is 2.80 bits per heavy atom. The van der Waals surface area contributed by atoms with Crippen molar-refractivity contribution in [1.29, 1.82) is 0 Å². The van der Waals surface area contributed by atoms with E-state index in [0.29, 0.717) is 6.42 Å². The van der Waals surface area contributed by atoms with Gasteiger partial charge >= 0.3 is 0 Å². The van der Waals surface area contributed by atoms with Crippen LogP contribution in [0.2, 0.25) is 0 Å². The van der Waals surface area contributed by atoms with Crippen molar-refractivity contribution in [2.24, 2.45) is 0 Å². The van der Waals surface area contributed by atoms with Crippen LogP contribution in [0.3, 0.4) is 0 Å². The Kier molecular flexibility index (Phi) is 4.82. The lowest BCUT2D eigenvalue weighted by molar-refractivity contribution is 0.0979. The fourth-order valence-corrected chi connectivity index (χ4v) is 1.64. The van der Waals surface area contributed by atoms with Gasteiger partial charge in [-0.05, 0) is 24.8 Å². The second-order valence-electron chi connectivity index (χ2n) is 3.61. The number of carbonyl (C=O) groups is 1. The maximum atomic E-state index is 11.9. The number of unbranched alkanes of at least 4 members (excludes halogenated alkanes) is 1. The van der Waals surface area contributed by atoms with E-state index in [-0.39, 0.29) is 5.78 Å². The molecule has 80 valence electrons. The lowest BCUT2D eigenvalue weighted by Gasteiger charge is -2.05. The highest BCUT2D eigenvalue weighted by atomic mass is 16.1. The van der Waals surface area contributed by atoms with E-state index < -0.39 is 0 Å². The molecule has 0 aliphatic carbocycles. The first-order valence-corrected chi connectivity index (χ1v) is 5.51. The Morgan fingerprint density at radius 1 is 1.40 bits per heavy atom. The molecular weight excluding hydrogens is 184 g/mol. The standard InChI is InChI=1S/C14H18O/c1-3-5-6-11-14(15)13-10-8-7-9-12(13)4-2/h3,7-10H,1,4-6,11H2,2H3. The molecule has 0 unspecified atom stereocenters. The molecule has 0 saturated carbocycles. The van der Waals surface area contributed by atoms with Crippen molar-refractivity contribution in [3.63, 3.8) is 0 Å². The van der Waals surface area contributed by atoms with E-state index >= 15 is 0 Å². The minimum atomic E-state index is 0.259. The molecule has 0 fully saturated rings. The summed E-state index contributed by atoms with van der Waals surface area (Å²) >= 11 is 0. The SMILES string of the molecule is C=CCCCC(=O)c1ccccc1CC. The number of benzene rings is 1. The maximum Gasteiger partial charge on any atom is 0.163 e. The zero-order valence-electron chi connectivity index (χ0n) is 9.33. The monoisotopic (exact) mass is 202 g/mol. The van der Waals surface area contributed by atoms with Gasteiger partial charge in [0.05, 0.1) is 0 Å². The molecule has 1 aromatic rings. The molecule has 0 radical (unpaired) electrons. The molecule has 0 bridgehead atoms. The molecule has 1 rings (SSSR count). The normalized spacial score (nSPS) is 9.93. The molecular formula is C14H18O. The van der Waals surface area contributed by atoms with Crippen LogP contribution in [0.15, 0.2) is 36.9 Å². The second-order valence-corrected chi connectivity index (χ2v) is 3.61. The van der Waals surface area contributed by atoms with E-state index in [1.807, 2.05) is 30.3 Å². The molecule has 0 aliphatic heterocycles. The third-order valence-electron chi connectivity index (χ3n) is 2.51. The number of ketones is 1. The van der Waals surface area contributed by atoms with Crippen LogP contribution in [-0.4, -0.2) is 5.78 Å². The van der Waals surface area contributed by atoms with E-state index in [1.54, 1.807) is 0 Å². The fraction of sp³-hybridized carbons (Fsp3) is 0.357. The molecule has 0 aliphatic rings. The molecule has 0 spiro atoms. The fourth-order valence-electron chi connectivity index (χ4n) is 1.64. The van der Waals surface area contributed by atoms with Gasteiger partial charge in [0.2, 0.25) is 0 Å². The zero-order valence-corrected chi connectivity index (χ0v) is 9.33. The minimum Gasteiger partial charge on any atom is -0.294 e. The Hall–Kier alpha value is -1.37. The smallest absolute Gasteiger partial charge is 0.163 e. The van der Waals surface area contributed by atoms with Crippen molar-refractivity contribution < 1.29 is 4.79 Å². The Labute approximate surface area is 91.8 Å². The Morgan fingerprint density at radius 2 is 2.13 bits per heavy atom. The van der Waals surface area contributed by atoms with Crippen molar-refractivity contribution in [3.05, 3.63) is 48.0 Å². The average molecular weight is 202 g/mol. The number of carbonyl (C=O) groups excluding carboxylic acids is 1. The van der Waals surface area contributed by atoms with Gasteiger partial charge in [-0.1, -0.05) is 37.3 Å². The third-order valence-corrected chi connectivity index (χ3v) is 2.51. The first kappa shape index (κ1) is 11.7. The number of rotatable bonds is 6. The summed E-state index contributed by atoms with van der Waals surface area (Å²) in [6.07, 6.45) is 5.23. The van der Waals surface area contributed by atoms with Crippen LogP contribution in [0, 0.1) is 0 Å². The summed E-state index contributed by atoms with van der Waals surface area (Å²) in [6, 6.07) is 7.87. The number of hydrogen-bond acceptors (Lipinski definition) is 1. The molecule has 1 nitrogen and oxygen atoms in total. The summed E-state index contributed by atoms with van der Waals surface area (Å²) in [5.41, 5.74) is 2.05. The number of hydrogen-bond donors (Lipinski definition) is 0. The van der Waals surface area contributed by atoms with E-state index in [4.69, 9.17) is 0 Å². The number of allylic oxidation sites excluding steroid dienone is 1. The summed E-state index contributed by atoms with van der Waals surface area (Å²) in [4.78, 5) is 11.9. The van der Waals surface area contributed by atoms with Crippen LogP contribution in [0.1, 0.15) is 42.1 Å². The Balaban J connectivity index is 2.68. The molecule has 15 heavy (non-hydrogen) atoms. The molecule has 1 heteroatoms. The molecule has 0 aromatic heterocycles. The molecule has 0 N–H and O–H groups in total. The van der Waals surface area contributed by atoms with Crippen LogP contribution in [0.5, 0.6) is 0 Å². The van der Waals surface area contributed by atoms with Gasteiger partial charge in [-0.3, -0.25) is 4.79 Å². The highest BCUT2D eigenvalue weighted by Crippen LogP contribution is 2.13. The van der Waals surface area contributed by atoms with E-state index in [9.17, 15) is 4.79 Å². The predicted octanol–water partition coefficient (Wildman–Crippen LogP) is 3.79. The summed E-state index contributed by atoms with van der Waals surface area (Å²) in [6.45, 7) is 5.73. The van der Waals surface area contributed by atoms with Gasteiger partial charge in [-0.2, -0.15) is 0 Å². The number of Topliss-reactive ketones (excluding diaryl/α,β-unsaturated/α-hetero) is 1. The quantitative estimate of drug-likeness (QED) is 0.389. The molecule has 0 heterocycles. The molecule has 0 saturated heterocycles. The summed E-state index contributed by atoms with van der Waals surface area (Å²) < 4.78 is 0. The van der Waals surface area contributed by atoms with Crippen molar-refractivity contribution >= 4 is 5.78 Å². The third kappa shape index (κ3) is 3.35. The van der Waals surface area contributed by atoms with Gasteiger partial charge in [-0.25, -0.2) is 0 Å². The maximum absolute atomic E-state index is 11.9. The van der Waals surface area contributed by atoms with Crippen LogP contribution in [0.4, 0.5) is 0 Å². The van der Waals surface area contributed by atoms with E-state index in [1.165, 1.54) is 0 Å². The van der Waals surface area contributed by atoms with Gasteiger partial charge in [0.15, 0.2) is 5.78 Å². The zero-order chi connectivity index (χ0) is 11.1. The van der Waals surface area contributed by atoms with Gasteiger partial charge in [0.1, 0.15) is 0 Å². The van der Waals surface area contributed by atoms with E-state index in [2.05, 4.69) is 13.5 Å². The lowest BCUT2D eigenvalue weighted by Crippen LogP contribution is -2.02. The first-order chi connectivity index (χ1) is 7.29. The van der Waals surface area contributed by atoms with Gasteiger partial charge in [-0.15, -0.1) is 6.58 Å². The highest BCUT2D eigenvalue weighted by Gasteiger charge is 2.08. The van der Waals surface area contributed by atoms with E-state index in [0.717, 1.165) is 30.4 Å². The minimum absolute atomic E-state index is 0.259. The van der Waals surface area contributed by atoms with Crippen LogP contribution < -0.4 is 0 Å². The Bertz CT molecular complexity index is 339. The van der Waals surface area contributed by atoms with Crippen molar-refractivity contribution in [3.8, 4) is 0 Å². The summed E-state index contributed by atoms with van der Waals surface area (Å²) in [5.74, 6) is 0.259. The average Bonchev–Trinajstić information content (AvgIpc) is 2.29. The van der Waals surface area contributed by atoms with Crippen LogP contribution in [-0.2, 0) is 6.42 Å². The van der Waals surface area contributed by atoms with Crippen molar-refractivity contribution in [2.45, 2.75) is 32.6 Å². The molecule has 0 atom stereocenters. The first-order valence-electron chi connectivity index (χ1n) is 5.51. The van der Waals surface area contributed by atoms with Crippen molar-refractivity contribution in [1.82, 2.24) is 0 Å². The van der Waals surface area contributed by atoms with Gasteiger partial charge in [0.25, 0.3) is 0 Å². The van der Waals surface area contributed by atoms with Crippen LogP contribution in [0.25, 0.3) is 0 Å². The van der Waals surface area contributed by atoms with Crippen LogP contribution >= 0.6 is 0 Å². The second kappa shape index (κ2) is 6.18. The molecule has 0 amide bonds. The molecule has 1 aromatic carbocycles. The number of aryl methyl sites for hydroxylation is 1. The van der Waals surface area contributed by atoms with Gasteiger partial charge < -0.3 is 0 Å². The lowest BCUT2D eigenvalue weighted by atomic mass is 9.98. The highest BCUT2D eigenvalue weighted by molar-refractivity contribution is 5.97. The predicted molar refractivity (Wildman–Crippen MR) is 64.2 cm³/mol. The largest absolute Gasteiger partial charge is 0.294 e. The van der Waals surface area contributed by atoms with Crippen molar-refractivity contribution in [2.75, 3.05) is 0 Å². The van der Waals surface area contributed by atoms with Gasteiger partial charge in [0, 0.05) is 12.0 Å². The summed E-state index contributed by atoms with van der Waals surface area (Å²) in [7, 11) is 0.